The topological polar surface area (TPSA) is 73.6 Å². The molecule has 1 saturated carbocycles. The number of esters is 1. The van der Waals surface area contributed by atoms with Crippen LogP contribution >= 0.6 is 11.3 Å². The summed E-state index contributed by atoms with van der Waals surface area (Å²) in [5.41, 5.74) is 0.236. The second kappa shape index (κ2) is 4.97. The Morgan fingerprint density at radius 2 is 2.35 bits per heavy atom. The number of fused-ring (bicyclic) bond motifs is 1. The molecule has 0 unspecified atom stereocenters. The van der Waals surface area contributed by atoms with E-state index in [1.807, 2.05) is 13.8 Å². The molecule has 0 aromatic carbocycles. The van der Waals surface area contributed by atoms with Crippen LogP contribution < -0.4 is 5.56 Å². The molecule has 0 aliphatic heterocycles. The summed E-state index contributed by atoms with van der Waals surface area (Å²) in [5.74, 6) is 0.241. The van der Waals surface area contributed by atoms with Crippen molar-refractivity contribution in [1.82, 2.24) is 14.6 Å². The fraction of sp³-hybridized carbons (Fsp3) is 0.538. The summed E-state index contributed by atoms with van der Waals surface area (Å²) >= 11 is 1.38. The van der Waals surface area contributed by atoms with Crippen LogP contribution in [0.4, 0.5) is 0 Å². The van der Waals surface area contributed by atoms with Gasteiger partial charge in [-0.25, -0.2) is 4.98 Å². The fourth-order valence-corrected chi connectivity index (χ4v) is 2.87. The molecule has 0 amide bonds. The van der Waals surface area contributed by atoms with Crippen LogP contribution in [-0.2, 0) is 22.6 Å². The summed E-state index contributed by atoms with van der Waals surface area (Å²) in [4.78, 5) is 28.4. The second-order valence-corrected chi connectivity index (χ2v) is 6.10. The van der Waals surface area contributed by atoms with Crippen LogP contribution in [0.2, 0.25) is 0 Å². The number of carbonyl (C=O) groups excluding carboxylic acids is 1. The van der Waals surface area contributed by atoms with Gasteiger partial charge < -0.3 is 4.74 Å². The Hall–Kier alpha value is -1.76. The van der Waals surface area contributed by atoms with Crippen LogP contribution in [0.25, 0.3) is 4.96 Å². The first-order valence-corrected chi connectivity index (χ1v) is 7.45. The monoisotopic (exact) mass is 293 g/mol. The molecule has 2 atom stereocenters. The number of aryl methyl sites for hydroxylation is 1. The predicted octanol–water partition coefficient (Wildman–Crippen LogP) is 1.41. The van der Waals surface area contributed by atoms with Crippen molar-refractivity contribution < 1.29 is 9.53 Å². The van der Waals surface area contributed by atoms with Gasteiger partial charge >= 0.3 is 5.97 Å². The molecule has 1 aliphatic rings. The Kier molecular flexibility index (Phi) is 3.29. The van der Waals surface area contributed by atoms with Crippen molar-refractivity contribution in [3.05, 3.63) is 27.1 Å². The molecule has 0 N–H and O–H groups in total. The van der Waals surface area contributed by atoms with E-state index >= 15 is 0 Å². The van der Waals surface area contributed by atoms with E-state index in [-0.39, 0.29) is 24.1 Å². The first-order valence-electron chi connectivity index (χ1n) is 6.63. The van der Waals surface area contributed by atoms with Crippen LogP contribution in [0.15, 0.2) is 10.9 Å². The maximum atomic E-state index is 11.9. The molecule has 106 valence electrons. The highest BCUT2D eigenvalue weighted by Gasteiger charge is 2.40. The van der Waals surface area contributed by atoms with Gasteiger partial charge in [0.1, 0.15) is 11.6 Å². The lowest BCUT2D eigenvalue weighted by Crippen LogP contribution is -2.17. The minimum atomic E-state index is -0.239. The van der Waals surface area contributed by atoms with Gasteiger partial charge in [0.05, 0.1) is 11.6 Å². The van der Waals surface area contributed by atoms with E-state index in [0.717, 1.165) is 17.8 Å². The number of rotatable bonds is 4. The Labute approximate surface area is 119 Å². The number of hydrogen-bond donors (Lipinski definition) is 0. The molecule has 3 rings (SSSR count). The second-order valence-electron chi connectivity index (χ2n) is 5.06. The van der Waals surface area contributed by atoms with Crippen LogP contribution in [0.3, 0.4) is 0 Å². The zero-order chi connectivity index (χ0) is 14.3. The summed E-state index contributed by atoms with van der Waals surface area (Å²) in [5, 5.41) is 5.02. The van der Waals surface area contributed by atoms with Gasteiger partial charge in [0.25, 0.3) is 5.56 Å². The van der Waals surface area contributed by atoms with Gasteiger partial charge in [-0.1, -0.05) is 25.2 Å². The van der Waals surface area contributed by atoms with Crippen molar-refractivity contribution in [3.63, 3.8) is 0 Å². The number of carbonyl (C=O) groups is 1. The van der Waals surface area contributed by atoms with E-state index in [0.29, 0.717) is 16.6 Å². The quantitative estimate of drug-likeness (QED) is 0.797. The number of nitrogens with zero attached hydrogens (tertiary/aromatic N) is 3. The summed E-state index contributed by atoms with van der Waals surface area (Å²) in [6, 6.07) is 1.37. The molecule has 0 radical (unpaired) electrons. The van der Waals surface area contributed by atoms with Crippen molar-refractivity contribution in [2.45, 2.75) is 33.3 Å². The normalized spacial score (nSPS) is 21.1. The minimum Gasteiger partial charge on any atom is -0.459 e. The highest BCUT2D eigenvalue weighted by molar-refractivity contribution is 7.16. The summed E-state index contributed by atoms with van der Waals surface area (Å²) in [7, 11) is 0. The smallest absolute Gasteiger partial charge is 0.309 e. The molecule has 0 bridgehead atoms. The van der Waals surface area contributed by atoms with Crippen molar-refractivity contribution >= 4 is 22.3 Å². The van der Waals surface area contributed by atoms with E-state index < -0.39 is 0 Å². The van der Waals surface area contributed by atoms with Gasteiger partial charge in [0, 0.05) is 6.07 Å². The molecule has 2 aromatic heterocycles. The SMILES string of the molecule is CCc1nn2c(=O)cc(COC(=O)[C@H]3C[C@@H]3C)nc2s1. The zero-order valence-electron chi connectivity index (χ0n) is 11.3. The Balaban J connectivity index is 1.78. The lowest BCUT2D eigenvalue weighted by atomic mass is 10.3. The average Bonchev–Trinajstić information content (AvgIpc) is 3.00. The van der Waals surface area contributed by atoms with E-state index in [4.69, 9.17) is 4.74 Å². The van der Waals surface area contributed by atoms with Crippen LogP contribution in [0.1, 0.15) is 31.0 Å². The summed E-state index contributed by atoms with van der Waals surface area (Å²) < 4.78 is 6.48. The largest absolute Gasteiger partial charge is 0.459 e. The Morgan fingerprint density at radius 1 is 1.60 bits per heavy atom. The molecular formula is C13H15N3O3S. The molecule has 20 heavy (non-hydrogen) atoms. The van der Waals surface area contributed by atoms with E-state index in [1.54, 1.807) is 0 Å². The molecule has 6 nitrogen and oxygen atoms in total. The summed E-state index contributed by atoms with van der Waals surface area (Å²) in [6.07, 6.45) is 1.65. The molecule has 2 aromatic rings. The maximum absolute atomic E-state index is 11.9. The van der Waals surface area contributed by atoms with E-state index in [1.165, 1.54) is 21.9 Å². The fourth-order valence-electron chi connectivity index (χ4n) is 2.02. The lowest BCUT2D eigenvalue weighted by Gasteiger charge is -2.03. The third-order valence-corrected chi connectivity index (χ3v) is 4.47. The lowest BCUT2D eigenvalue weighted by molar-refractivity contribution is -0.147. The van der Waals surface area contributed by atoms with Crippen molar-refractivity contribution in [2.24, 2.45) is 11.8 Å². The first kappa shape index (κ1) is 13.2. The van der Waals surface area contributed by atoms with Gasteiger partial charge in [-0.15, -0.1) is 0 Å². The van der Waals surface area contributed by atoms with Gasteiger partial charge in [0.2, 0.25) is 4.96 Å². The Morgan fingerprint density at radius 3 is 3.00 bits per heavy atom. The highest BCUT2D eigenvalue weighted by atomic mass is 32.1. The average molecular weight is 293 g/mol. The Bertz CT molecular complexity index is 721. The van der Waals surface area contributed by atoms with Crippen LogP contribution in [0.5, 0.6) is 0 Å². The zero-order valence-corrected chi connectivity index (χ0v) is 12.1. The molecule has 0 spiro atoms. The van der Waals surface area contributed by atoms with Gasteiger partial charge in [0.15, 0.2) is 0 Å². The van der Waals surface area contributed by atoms with E-state index in [9.17, 15) is 9.59 Å². The van der Waals surface area contributed by atoms with Gasteiger partial charge in [-0.3, -0.25) is 9.59 Å². The van der Waals surface area contributed by atoms with Crippen LogP contribution in [-0.4, -0.2) is 20.6 Å². The summed E-state index contributed by atoms with van der Waals surface area (Å²) in [6.45, 7) is 4.04. The number of ether oxygens (including phenoxy) is 1. The van der Waals surface area contributed by atoms with Crippen molar-refractivity contribution in [1.29, 1.82) is 0 Å². The molecule has 2 heterocycles. The van der Waals surface area contributed by atoms with Gasteiger partial charge in [-0.2, -0.15) is 9.61 Å². The molecule has 1 aliphatic carbocycles. The molecule has 1 fully saturated rings. The standard InChI is InChI=1S/C13H15N3O3S/c1-3-10-15-16-11(17)5-8(14-13(16)20-10)6-19-12(18)9-4-7(9)2/h5,7,9H,3-4,6H2,1-2H3/t7-,9-/m0/s1. The first-order chi connectivity index (χ1) is 9.58. The molecule has 0 saturated heterocycles. The van der Waals surface area contributed by atoms with E-state index in [2.05, 4.69) is 10.1 Å². The number of hydrogen-bond acceptors (Lipinski definition) is 6. The molecular weight excluding hydrogens is 278 g/mol. The third-order valence-electron chi connectivity index (χ3n) is 3.42. The van der Waals surface area contributed by atoms with Gasteiger partial charge in [-0.05, 0) is 18.8 Å². The highest BCUT2D eigenvalue weighted by Crippen LogP contribution is 2.38. The predicted molar refractivity (Wildman–Crippen MR) is 73.6 cm³/mol. The molecule has 7 heteroatoms. The number of aromatic nitrogens is 3. The van der Waals surface area contributed by atoms with Crippen molar-refractivity contribution in [3.8, 4) is 0 Å². The van der Waals surface area contributed by atoms with Crippen LogP contribution in [0, 0.1) is 11.8 Å². The van der Waals surface area contributed by atoms with Crippen molar-refractivity contribution in [2.75, 3.05) is 0 Å². The third kappa shape index (κ3) is 2.45. The minimum absolute atomic E-state index is 0.0231. The maximum Gasteiger partial charge on any atom is 0.309 e.